The lowest BCUT2D eigenvalue weighted by Crippen LogP contribution is -2.37. The smallest absolute Gasteiger partial charge is 0.313 e. The summed E-state index contributed by atoms with van der Waals surface area (Å²) in [5.41, 5.74) is 0.305. The van der Waals surface area contributed by atoms with E-state index in [1.807, 2.05) is 6.92 Å². The second kappa shape index (κ2) is 8.66. The lowest BCUT2D eigenvalue weighted by molar-refractivity contribution is -0.136. The van der Waals surface area contributed by atoms with Crippen LogP contribution in [0.5, 0.6) is 0 Å². The number of pyridine rings is 1. The van der Waals surface area contributed by atoms with Gasteiger partial charge in [-0.3, -0.25) is 14.4 Å². The molecule has 6 heteroatoms. The molecule has 24 heavy (non-hydrogen) atoms. The summed E-state index contributed by atoms with van der Waals surface area (Å²) >= 11 is 0. The fraction of sp³-hybridized carbons (Fsp3) is 0.611. The molecule has 0 bridgehead atoms. The Labute approximate surface area is 142 Å². The minimum Gasteiger partial charge on any atom is -0.348 e. The number of hydrogen-bond donors (Lipinski definition) is 2. The average Bonchev–Trinajstić information content (AvgIpc) is 2.58. The zero-order valence-electron chi connectivity index (χ0n) is 14.5. The fourth-order valence-electron chi connectivity index (χ4n) is 3.31. The largest absolute Gasteiger partial charge is 0.348 e. The number of rotatable bonds is 5. The summed E-state index contributed by atoms with van der Waals surface area (Å²) in [7, 11) is 0. The molecule has 0 radical (unpaired) electrons. The Morgan fingerprint density at radius 2 is 1.96 bits per heavy atom. The predicted molar refractivity (Wildman–Crippen MR) is 93.8 cm³/mol. The number of aromatic nitrogens is 1. The summed E-state index contributed by atoms with van der Waals surface area (Å²) in [5, 5.41) is 5.22. The molecule has 1 heterocycles. The van der Waals surface area contributed by atoms with E-state index < -0.39 is 11.8 Å². The van der Waals surface area contributed by atoms with Crippen LogP contribution in [-0.4, -0.2) is 22.9 Å². The van der Waals surface area contributed by atoms with Gasteiger partial charge in [-0.15, -0.1) is 0 Å². The number of nitrogens with one attached hydrogen (secondary N) is 2. The van der Waals surface area contributed by atoms with Crippen molar-refractivity contribution in [1.29, 1.82) is 0 Å². The molecule has 1 aromatic rings. The number of carbonyl (C=O) groups is 2. The van der Waals surface area contributed by atoms with Gasteiger partial charge < -0.3 is 15.2 Å². The molecule has 2 N–H and O–H groups in total. The Morgan fingerprint density at radius 1 is 1.21 bits per heavy atom. The highest BCUT2D eigenvalue weighted by atomic mass is 16.2. The van der Waals surface area contributed by atoms with Gasteiger partial charge in [-0.1, -0.05) is 32.6 Å². The first-order chi connectivity index (χ1) is 11.5. The summed E-state index contributed by atoms with van der Waals surface area (Å²) in [4.78, 5) is 35.3. The molecule has 2 amide bonds. The zero-order valence-corrected chi connectivity index (χ0v) is 14.5. The van der Waals surface area contributed by atoms with Crippen molar-refractivity contribution in [3.05, 3.63) is 28.7 Å². The van der Waals surface area contributed by atoms with Gasteiger partial charge in [-0.05, 0) is 31.2 Å². The second-order valence-corrected chi connectivity index (χ2v) is 6.56. The Hall–Kier alpha value is -2.11. The molecule has 0 spiro atoms. The molecule has 0 aromatic carbocycles. The molecule has 1 fully saturated rings. The fourth-order valence-corrected chi connectivity index (χ4v) is 3.31. The zero-order chi connectivity index (χ0) is 17.5. The third kappa shape index (κ3) is 4.94. The van der Waals surface area contributed by atoms with Gasteiger partial charge in [0.1, 0.15) is 0 Å². The van der Waals surface area contributed by atoms with Crippen molar-refractivity contribution in [2.45, 2.75) is 52.5 Å². The molecule has 0 unspecified atom stereocenters. The van der Waals surface area contributed by atoms with Crippen LogP contribution in [0.25, 0.3) is 0 Å². The minimum absolute atomic E-state index is 0.137. The molecule has 2 rings (SSSR count). The number of amides is 2. The lowest BCUT2D eigenvalue weighted by atomic mass is 9.79. The van der Waals surface area contributed by atoms with Crippen LogP contribution in [-0.2, 0) is 16.1 Å². The van der Waals surface area contributed by atoms with Crippen LogP contribution in [0, 0.1) is 11.8 Å². The molecule has 1 aliphatic rings. The van der Waals surface area contributed by atoms with E-state index in [4.69, 9.17) is 0 Å². The first-order valence-electron chi connectivity index (χ1n) is 8.81. The first kappa shape index (κ1) is 18.2. The van der Waals surface area contributed by atoms with Crippen molar-refractivity contribution in [3.8, 4) is 0 Å². The lowest BCUT2D eigenvalue weighted by Gasteiger charge is -2.28. The maximum Gasteiger partial charge on any atom is 0.313 e. The van der Waals surface area contributed by atoms with Gasteiger partial charge in [0.15, 0.2) is 0 Å². The van der Waals surface area contributed by atoms with Gasteiger partial charge in [-0.2, -0.15) is 0 Å². The summed E-state index contributed by atoms with van der Waals surface area (Å²) < 4.78 is 1.47. The Kier molecular flexibility index (Phi) is 6.58. The van der Waals surface area contributed by atoms with E-state index in [1.54, 1.807) is 0 Å². The standard InChI is InChI=1S/C18H27N3O3/c1-3-21-12-15(8-9-16(21)22)20-18(24)17(23)19-11-10-14-7-5-4-6-13(14)2/h8-9,12-14H,3-7,10-11H2,1-2H3,(H,19,23)(H,20,24)/t13-,14-/m0/s1. The van der Waals surface area contributed by atoms with Crippen LogP contribution >= 0.6 is 0 Å². The molecule has 1 aliphatic carbocycles. The van der Waals surface area contributed by atoms with Crippen LogP contribution in [0.4, 0.5) is 5.69 Å². The number of carbonyl (C=O) groups excluding carboxylic acids is 2. The predicted octanol–water partition coefficient (Wildman–Crippen LogP) is 2.14. The Morgan fingerprint density at radius 3 is 2.67 bits per heavy atom. The summed E-state index contributed by atoms with van der Waals surface area (Å²) in [5.74, 6) is -0.00417. The number of aryl methyl sites for hydroxylation is 1. The molecule has 6 nitrogen and oxygen atoms in total. The quantitative estimate of drug-likeness (QED) is 0.810. The van der Waals surface area contributed by atoms with E-state index in [0.29, 0.717) is 30.6 Å². The van der Waals surface area contributed by atoms with E-state index in [-0.39, 0.29) is 5.56 Å². The van der Waals surface area contributed by atoms with Gasteiger partial charge >= 0.3 is 11.8 Å². The van der Waals surface area contributed by atoms with E-state index in [1.165, 1.54) is 48.6 Å². The average molecular weight is 333 g/mol. The van der Waals surface area contributed by atoms with Crippen LogP contribution in [0.15, 0.2) is 23.1 Å². The summed E-state index contributed by atoms with van der Waals surface area (Å²) in [6.07, 6.45) is 7.48. The van der Waals surface area contributed by atoms with E-state index in [0.717, 1.165) is 6.42 Å². The Bertz CT molecular complexity index is 639. The van der Waals surface area contributed by atoms with Gasteiger partial charge in [-0.25, -0.2) is 0 Å². The second-order valence-electron chi connectivity index (χ2n) is 6.56. The van der Waals surface area contributed by atoms with Gasteiger partial charge in [0.05, 0.1) is 5.69 Å². The SMILES string of the molecule is CCn1cc(NC(=O)C(=O)NCC[C@@H]2CCCC[C@@H]2C)ccc1=O. The third-order valence-corrected chi connectivity index (χ3v) is 4.88. The van der Waals surface area contributed by atoms with Crippen molar-refractivity contribution in [3.63, 3.8) is 0 Å². The van der Waals surface area contributed by atoms with Crippen LogP contribution in [0.1, 0.15) is 46.0 Å². The molecule has 0 aliphatic heterocycles. The number of nitrogens with zero attached hydrogens (tertiary/aromatic N) is 1. The van der Waals surface area contributed by atoms with Crippen LogP contribution < -0.4 is 16.2 Å². The molecule has 0 saturated heterocycles. The maximum atomic E-state index is 11.9. The highest BCUT2D eigenvalue weighted by Crippen LogP contribution is 2.31. The molecule has 2 atom stereocenters. The number of anilines is 1. The third-order valence-electron chi connectivity index (χ3n) is 4.88. The van der Waals surface area contributed by atoms with Crippen molar-refractivity contribution in [2.24, 2.45) is 11.8 Å². The van der Waals surface area contributed by atoms with Crippen molar-refractivity contribution in [2.75, 3.05) is 11.9 Å². The summed E-state index contributed by atoms with van der Waals surface area (Å²) in [6.45, 7) is 5.14. The first-order valence-corrected chi connectivity index (χ1v) is 8.81. The molecule has 1 saturated carbocycles. The van der Waals surface area contributed by atoms with E-state index >= 15 is 0 Å². The van der Waals surface area contributed by atoms with E-state index in [9.17, 15) is 14.4 Å². The highest BCUT2D eigenvalue weighted by Gasteiger charge is 2.21. The maximum absolute atomic E-state index is 11.9. The molecular formula is C18H27N3O3. The van der Waals surface area contributed by atoms with Gasteiger partial charge in [0.2, 0.25) is 0 Å². The molecule has 1 aromatic heterocycles. The van der Waals surface area contributed by atoms with Crippen LogP contribution in [0.2, 0.25) is 0 Å². The normalized spacial score (nSPS) is 20.4. The van der Waals surface area contributed by atoms with Crippen molar-refractivity contribution in [1.82, 2.24) is 9.88 Å². The Balaban J connectivity index is 1.79. The molecular weight excluding hydrogens is 306 g/mol. The summed E-state index contributed by atoms with van der Waals surface area (Å²) in [6, 6.07) is 2.88. The minimum atomic E-state index is -0.701. The van der Waals surface area contributed by atoms with E-state index in [2.05, 4.69) is 17.6 Å². The van der Waals surface area contributed by atoms with Crippen molar-refractivity contribution >= 4 is 17.5 Å². The van der Waals surface area contributed by atoms with Crippen LogP contribution in [0.3, 0.4) is 0 Å². The monoisotopic (exact) mass is 333 g/mol. The van der Waals surface area contributed by atoms with Gasteiger partial charge in [0, 0.05) is 25.4 Å². The number of hydrogen-bond acceptors (Lipinski definition) is 3. The highest BCUT2D eigenvalue weighted by molar-refractivity contribution is 6.39. The molecule has 132 valence electrons. The van der Waals surface area contributed by atoms with Gasteiger partial charge in [0.25, 0.3) is 5.56 Å². The van der Waals surface area contributed by atoms with Crippen molar-refractivity contribution < 1.29 is 9.59 Å². The topological polar surface area (TPSA) is 80.2 Å².